The monoisotopic (exact) mass is 396 g/mol. The highest BCUT2D eigenvalue weighted by atomic mass is 32.2. The van der Waals surface area contributed by atoms with Gasteiger partial charge in [0.05, 0.1) is 29.7 Å². The van der Waals surface area contributed by atoms with Crippen LogP contribution in [0.15, 0.2) is 70.5 Å². The van der Waals surface area contributed by atoms with Crippen molar-refractivity contribution >= 4 is 29.3 Å². The minimum Gasteiger partial charge on any atom is -0.347 e. The number of carbonyl (C=O) groups is 2. The van der Waals surface area contributed by atoms with E-state index in [0.29, 0.717) is 17.5 Å². The molecule has 0 aliphatic carbocycles. The van der Waals surface area contributed by atoms with Crippen molar-refractivity contribution in [2.45, 2.75) is 31.3 Å². The van der Waals surface area contributed by atoms with E-state index in [9.17, 15) is 9.59 Å². The van der Waals surface area contributed by atoms with Gasteiger partial charge in [0.25, 0.3) is 5.91 Å². The molecular formula is C22H26N3O2S+. The molecule has 1 aliphatic rings. The van der Waals surface area contributed by atoms with E-state index in [0.717, 1.165) is 23.7 Å². The van der Waals surface area contributed by atoms with Crippen molar-refractivity contribution in [3.63, 3.8) is 0 Å². The van der Waals surface area contributed by atoms with Crippen molar-refractivity contribution in [3.8, 4) is 0 Å². The number of carbonyl (C=O) groups excluding carboxylic acids is 2. The summed E-state index contributed by atoms with van der Waals surface area (Å²) in [6.45, 7) is 6.67. The minimum atomic E-state index is -0.239. The molecule has 0 fully saturated rings. The lowest BCUT2D eigenvalue weighted by molar-refractivity contribution is -0.933. The van der Waals surface area contributed by atoms with Crippen molar-refractivity contribution in [3.05, 3.63) is 71.1 Å². The van der Waals surface area contributed by atoms with E-state index in [1.165, 1.54) is 28.3 Å². The average molecular weight is 397 g/mol. The molecule has 1 heterocycles. The van der Waals surface area contributed by atoms with Crippen LogP contribution in [0.5, 0.6) is 0 Å². The third kappa shape index (κ3) is 5.47. The summed E-state index contributed by atoms with van der Waals surface area (Å²) in [5, 5.41) is 5.74. The maximum atomic E-state index is 12.3. The Morgan fingerprint density at radius 3 is 2.61 bits per heavy atom. The van der Waals surface area contributed by atoms with Crippen molar-refractivity contribution in [1.29, 1.82) is 0 Å². The Morgan fingerprint density at radius 2 is 1.86 bits per heavy atom. The Labute approximate surface area is 170 Å². The Balaban J connectivity index is 1.53. The van der Waals surface area contributed by atoms with E-state index in [-0.39, 0.29) is 11.8 Å². The molecule has 0 saturated carbocycles. The van der Waals surface area contributed by atoms with Crippen molar-refractivity contribution in [2.24, 2.45) is 0 Å². The van der Waals surface area contributed by atoms with Gasteiger partial charge in [-0.15, -0.1) is 0 Å². The van der Waals surface area contributed by atoms with Crippen LogP contribution in [0, 0.1) is 0 Å². The summed E-state index contributed by atoms with van der Waals surface area (Å²) < 4.78 is 0. The highest BCUT2D eigenvalue weighted by Gasteiger charge is 2.21. The number of quaternary nitrogens is 1. The maximum absolute atomic E-state index is 12.3. The first-order valence-corrected chi connectivity index (χ1v) is 10.3. The van der Waals surface area contributed by atoms with E-state index >= 15 is 0 Å². The van der Waals surface area contributed by atoms with Crippen molar-refractivity contribution in [1.82, 2.24) is 5.32 Å². The molecule has 1 atom stereocenters. The van der Waals surface area contributed by atoms with Crippen LogP contribution in [0.2, 0.25) is 0 Å². The average Bonchev–Trinajstić information content (AvgIpc) is 2.68. The fraction of sp³-hybridized carbons (Fsp3) is 0.273. The van der Waals surface area contributed by atoms with E-state index < -0.39 is 0 Å². The largest absolute Gasteiger partial charge is 0.347 e. The summed E-state index contributed by atoms with van der Waals surface area (Å²) in [6.07, 6.45) is 1.39. The molecule has 0 radical (unpaired) electrons. The number of benzene rings is 2. The summed E-state index contributed by atoms with van der Waals surface area (Å²) in [5.41, 5.74) is 2.07. The van der Waals surface area contributed by atoms with Crippen molar-refractivity contribution < 1.29 is 14.5 Å². The topological polar surface area (TPSA) is 62.6 Å². The first-order chi connectivity index (χ1) is 13.5. The van der Waals surface area contributed by atoms with Gasteiger partial charge in [-0.05, 0) is 26.0 Å². The normalized spacial score (nSPS) is 15.8. The summed E-state index contributed by atoms with van der Waals surface area (Å²) in [6, 6.07) is 18.4. The van der Waals surface area contributed by atoms with Gasteiger partial charge < -0.3 is 15.5 Å². The van der Waals surface area contributed by atoms with Crippen molar-refractivity contribution in [2.75, 3.05) is 18.4 Å². The van der Waals surface area contributed by atoms with Gasteiger partial charge >= 0.3 is 0 Å². The number of para-hydroxylation sites is 1. The third-order valence-corrected chi connectivity index (χ3v) is 5.78. The first kappa shape index (κ1) is 20.2. The SMILES string of the molecule is CC(C)[NH+](CCNC(=O)C=C1Sc2ccccc2NC1=O)Cc1ccccc1. The summed E-state index contributed by atoms with van der Waals surface area (Å²) in [4.78, 5) is 27.2. The van der Waals surface area contributed by atoms with Crippen LogP contribution in [0.4, 0.5) is 5.69 Å². The summed E-state index contributed by atoms with van der Waals surface area (Å²) >= 11 is 1.32. The standard InChI is InChI=1S/C22H25N3O2S/c1-16(2)25(15-17-8-4-3-5-9-17)13-12-23-21(26)14-20-22(27)24-18-10-6-7-11-19(18)28-20/h3-11,14,16H,12-13,15H2,1-2H3,(H,23,26)(H,24,27)/p+1. The maximum Gasteiger partial charge on any atom is 0.262 e. The van der Waals surface area contributed by atoms with E-state index in [1.54, 1.807) is 0 Å². The molecule has 2 aromatic carbocycles. The molecule has 0 spiro atoms. The molecule has 1 unspecified atom stereocenters. The molecule has 146 valence electrons. The lowest BCUT2D eigenvalue weighted by Gasteiger charge is -2.23. The Morgan fingerprint density at radius 1 is 1.14 bits per heavy atom. The molecule has 2 amide bonds. The summed E-state index contributed by atoms with van der Waals surface area (Å²) in [7, 11) is 0. The van der Waals surface area contributed by atoms with Gasteiger partial charge in [0.15, 0.2) is 0 Å². The highest BCUT2D eigenvalue weighted by Crippen LogP contribution is 2.37. The van der Waals surface area contributed by atoms with E-state index in [4.69, 9.17) is 0 Å². The number of nitrogens with one attached hydrogen (secondary N) is 3. The molecule has 1 aliphatic heterocycles. The Bertz CT molecular complexity index is 865. The number of anilines is 1. The second-order valence-electron chi connectivity index (χ2n) is 7.08. The quantitative estimate of drug-likeness (QED) is 0.629. The molecule has 3 N–H and O–H groups in total. The van der Waals surface area contributed by atoms with Crippen LogP contribution >= 0.6 is 11.8 Å². The predicted octanol–water partition coefficient (Wildman–Crippen LogP) is 2.22. The van der Waals surface area contributed by atoms with Gasteiger partial charge in [-0.2, -0.15) is 0 Å². The van der Waals surface area contributed by atoms with Crippen LogP contribution in [-0.2, 0) is 16.1 Å². The van der Waals surface area contributed by atoms with Gasteiger partial charge in [-0.3, -0.25) is 9.59 Å². The fourth-order valence-corrected chi connectivity index (χ4v) is 3.98. The van der Waals surface area contributed by atoms with Gasteiger partial charge in [0.1, 0.15) is 6.54 Å². The highest BCUT2D eigenvalue weighted by molar-refractivity contribution is 8.04. The lowest BCUT2D eigenvalue weighted by Crippen LogP contribution is -3.14. The number of fused-ring (bicyclic) bond motifs is 1. The molecule has 3 rings (SSSR count). The van der Waals surface area contributed by atoms with E-state index in [1.807, 2.05) is 42.5 Å². The van der Waals surface area contributed by atoms with Crippen LogP contribution in [-0.4, -0.2) is 30.9 Å². The first-order valence-electron chi connectivity index (χ1n) is 9.49. The van der Waals surface area contributed by atoms with Gasteiger partial charge in [0.2, 0.25) is 5.91 Å². The van der Waals surface area contributed by atoms with Crippen LogP contribution in [0.25, 0.3) is 0 Å². The molecule has 0 saturated heterocycles. The number of hydrogen-bond acceptors (Lipinski definition) is 3. The lowest BCUT2D eigenvalue weighted by atomic mass is 10.2. The molecular weight excluding hydrogens is 370 g/mol. The predicted molar refractivity (Wildman–Crippen MR) is 113 cm³/mol. The van der Waals surface area contributed by atoms with Gasteiger partial charge in [-0.25, -0.2) is 0 Å². The second-order valence-corrected chi connectivity index (χ2v) is 8.16. The minimum absolute atomic E-state index is 0.236. The molecule has 2 aromatic rings. The Kier molecular flexibility index (Phi) is 6.90. The number of thioether (sulfide) groups is 1. The van der Waals surface area contributed by atoms with Gasteiger partial charge in [-0.1, -0.05) is 54.2 Å². The number of rotatable bonds is 7. The van der Waals surface area contributed by atoms with Gasteiger partial charge in [0, 0.05) is 16.5 Å². The molecule has 0 aromatic heterocycles. The number of hydrogen-bond donors (Lipinski definition) is 3. The van der Waals surface area contributed by atoms with Crippen LogP contribution < -0.4 is 15.5 Å². The molecule has 6 heteroatoms. The van der Waals surface area contributed by atoms with Crippen LogP contribution in [0.3, 0.4) is 0 Å². The fourth-order valence-electron chi connectivity index (χ4n) is 3.06. The molecule has 0 bridgehead atoms. The summed E-state index contributed by atoms with van der Waals surface area (Å²) in [5.74, 6) is -0.475. The third-order valence-electron chi connectivity index (χ3n) is 4.68. The number of amides is 2. The molecule has 5 nitrogen and oxygen atoms in total. The smallest absolute Gasteiger partial charge is 0.262 e. The molecule has 28 heavy (non-hydrogen) atoms. The zero-order valence-electron chi connectivity index (χ0n) is 16.2. The zero-order valence-corrected chi connectivity index (χ0v) is 17.0. The zero-order chi connectivity index (χ0) is 19.9. The van der Waals surface area contributed by atoms with Crippen LogP contribution in [0.1, 0.15) is 19.4 Å². The second kappa shape index (κ2) is 9.57. The Hall–Kier alpha value is -2.57. The van der Waals surface area contributed by atoms with E-state index in [2.05, 4.69) is 36.6 Å².